The quantitative estimate of drug-likeness (QED) is 0.189. The molecule has 0 atom stereocenters. The molecule has 0 spiro atoms. The van der Waals surface area contributed by atoms with Crippen molar-refractivity contribution in [3.8, 4) is 22.8 Å². The third-order valence-corrected chi connectivity index (χ3v) is 6.92. The molecule has 0 radical (unpaired) electrons. The Hall–Kier alpha value is -4.16. The maximum absolute atomic E-state index is 12.6. The first-order chi connectivity index (χ1) is 19.1. The summed E-state index contributed by atoms with van der Waals surface area (Å²) in [4.78, 5) is 18.5. The molecular weight excluding hydrogens is 565 g/mol. The molecule has 1 aromatic heterocycles. The van der Waals surface area contributed by atoms with Crippen LogP contribution in [0.4, 0.5) is 18.9 Å². The van der Waals surface area contributed by atoms with Crippen LogP contribution in [0.2, 0.25) is 5.02 Å². The van der Waals surface area contributed by atoms with E-state index in [1.807, 2.05) is 50.2 Å². The van der Waals surface area contributed by atoms with Crippen molar-refractivity contribution in [3.05, 3.63) is 88.7 Å². The van der Waals surface area contributed by atoms with Crippen LogP contribution in [0, 0.1) is 13.8 Å². The van der Waals surface area contributed by atoms with Crippen LogP contribution in [-0.2, 0) is 4.79 Å². The molecule has 40 heavy (non-hydrogen) atoms. The molecule has 13 heteroatoms. The molecule has 0 saturated carbocycles. The van der Waals surface area contributed by atoms with Gasteiger partial charge in [0.05, 0.1) is 23.3 Å². The van der Waals surface area contributed by atoms with Gasteiger partial charge in [0.25, 0.3) is 0 Å². The monoisotopic (exact) mass is 584 g/mol. The molecule has 8 nitrogen and oxygen atoms in total. The molecule has 1 amide bonds. The lowest BCUT2D eigenvalue weighted by atomic mass is 10.1. The molecule has 3 aromatic carbocycles. The topological polar surface area (TPSA) is 85.0 Å². The molecule has 1 aliphatic heterocycles. The highest BCUT2D eigenvalue weighted by Crippen LogP contribution is 2.34. The first-order valence-electron chi connectivity index (χ1n) is 11.8. The largest absolute Gasteiger partial charge is 0.573 e. The molecule has 0 N–H and O–H groups in total. The van der Waals surface area contributed by atoms with E-state index < -0.39 is 6.36 Å². The summed E-state index contributed by atoms with van der Waals surface area (Å²) in [5.74, 6) is 0.314. The molecule has 0 unspecified atom stereocenters. The average Bonchev–Trinajstić information content (AvgIpc) is 3.52. The fraction of sp³-hybridized carbons (Fsp3) is 0.148. The highest BCUT2D eigenvalue weighted by atomic mass is 35.5. The Morgan fingerprint density at radius 1 is 1.05 bits per heavy atom. The summed E-state index contributed by atoms with van der Waals surface area (Å²) in [5.41, 5.74) is 4.53. The zero-order valence-corrected chi connectivity index (χ0v) is 22.6. The highest BCUT2D eigenvalue weighted by Gasteiger charge is 2.32. The van der Waals surface area contributed by atoms with Crippen LogP contribution in [0.25, 0.3) is 17.1 Å². The van der Waals surface area contributed by atoms with Gasteiger partial charge in [0, 0.05) is 10.6 Å². The predicted octanol–water partition coefficient (Wildman–Crippen LogP) is 6.57. The summed E-state index contributed by atoms with van der Waals surface area (Å²) in [6, 6.07) is 16.2. The molecule has 0 bridgehead atoms. The van der Waals surface area contributed by atoms with Crippen molar-refractivity contribution in [2.45, 2.75) is 20.2 Å². The number of aromatic nitrogens is 3. The number of rotatable bonds is 6. The van der Waals surface area contributed by atoms with E-state index in [1.165, 1.54) is 47.0 Å². The number of benzene rings is 3. The summed E-state index contributed by atoms with van der Waals surface area (Å²) in [6.07, 6.45) is -1.70. The van der Waals surface area contributed by atoms with Gasteiger partial charge in [-0.15, -0.1) is 23.4 Å². The molecule has 0 aliphatic carbocycles. The van der Waals surface area contributed by atoms with E-state index in [-0.39, 0.29) is 17.4 Å². The summed E-state index contributed by atoms with van der Waals surface area (Å²) in [6.45, 7) is 3.79. The van der Waals surface area contributed by atoms with Gasteiger partial charge >= 0.3 is 6.36 Å². The van der Waals surface area contributed by atoms with Crippen LogP contribution >= 0.6 is 23.4 Å². The van der Waals surface area contributed by atoms with E-state index in [9.17, 15) is 18.0 Å². The Labute approximate surface area is 236 Å². The van der Waals surface area contributed by atoms with Gasteiger partial charge in [-0.3, -0.25) is 9.69 Å². The van der Waals surface area contributed by atoms with Crippen molar-refractivity contribution >= 4 is 46.3 Å². The Morgan fingerprint density at radius 3 is 2.38 bits per heavy atom. The van der Waals surface area contributed by atoms with Gasteiger partial charge < -0.3 is 4.74 Å². The normalized spacial score (nSPS) is 15.0. The van der Waals surface area contributed by atoms with E-state index in [4.69, 9.17) is 11.6 Å². The van der Waals surface area contributed by atoms with E-state index in [0.29, 0.717) is 21.7 Å². The SMILES string of the molecule is Cc1cc(Cl)cc(C)c1N1C(=O)CS/C1=N\N=C\c1ccc(-c2ncn(-c3ccc(OC(F)(F)F)cc3)n2)cc1. The second kappa shape index (κ2) is 11.1. The van der Waals surface area contributed by atoms with Crippen LogP contribution < -0.4 is 9.64 Å². The fourth-order valence-electron chi connectivity index (χ4n) is 4.10. The first-order valence-corrected chi connectivity index (χ1v) is 13.2. The smallest absolute Gasteiger partial charge is 0.406 e. The average molecular weight is 585 g/mol. The molecular formula is C27H20ClF3N6O2S. The van der Waals surface area contributed by atoms with Crippen molar-refractivity contribution < 1.29 is 22.7 Å². The predicted molar refractivity (Wildman–Crippen MR) is 149 cm³/mol. The minimum Gasteiger partial charge on any atom is -0.406 e. The van der Waals surface area contributed by atoms with Crippen LogP contribution in [0.5, 0.6) is 5.75 Å². The molecule has 4 aromatic rings. The Morgan fingerprint density at radius 2 is 1.73 bits per heavy atom. The maximum Gasteiger partial charge on any atom is 0.573 e. The van der Waals surface area contributed by atoms with E-state index >= 15 is 0 Å². The second-order valence-electron chi connectivity index (χ2n) is 8.71. The van der Waals surface area contributed by atoms with Crippen molar-refractivity contribution in [2.24, 2.45) is 10.2 Å². The van der Waals surface area contributed by atoms with Gasteiger partial charge in [-0.1, -0.05) is 47.6 Å². The van der Waals surface area contributed by atoms with E-state index in [0.717, 1.165) is 27.9 Å². The Balaban J connectivity index is 1.28. The first kappa shape index (κ1) is 27.4. The van der Waals surface area contributed by atoms with E-state index in [2.05, 4.69) is 25.0 Å². The number of aryl methyl sites for hydroxylation is 2. The molecule has 204 valence electrons. The van der Waals surface area contributed by atoms with Crippen LogP contribution in [0.15, 0.2) is 77.2 Å². The third kappa shape index (κ3) is 6.18. The van der Waals surface area contributed by atoms with Crippen molar-refractivity contribution in [3.63, 3.8) is 0 Å². The number of amidine groups is 1. The number of amides is 1. The number of hydrogen-bond acceptors (Lipinski definition) is 7. The molecule has 1 saturated heterocycles. The zero-order chi connectivity index (χ0) is 28.4. The highest BCUT2D eigenvalue weighted by molar-refractivity contribution is 8.15. The fourth-order valence-corrected chi connectivity index (χ4v) is 5.23. The Kier molecular flexibility index (Phi) is 7.63. The minimum atomic E-state index is -4.75. The standard InChI is InChI=1S/C27H20ClF3N6O2S/c1-16-11-20(28)12-17(2)24(16)37-23(38)14-40-26(37)34-33-13-18-3-5-19(6-4-18)25-32-15-36(35-25)21-7-9-22(10-8-21)39-27(29,30)31/h3-13,15H,14H2,1-2H3/b33-13+,34-26-. The molecule has 1 fully saturated rings. The summed E-state index contributed by atoms with van der Waals surface area (Å²) < 4.78 is 42.5. The summed E-state index contributed by atoms with van der Waals surface area (Å²) in [5, 5.41) is 14.0. The van der Waals surface area contributed by atoms with Crippen molar-refractivity contribution in [2.75, 3.05) is 10.7 Å². The second-order valence-corrected chi connectivity index (χ2v) is 10.1. The van der Waals surface area contributed by atoms with Gasteiger partial charge in [0.2, 0.25) is 5.91 Å². The number of anilines is 1. The third-order valence-electron chi connectivity index (χ3n) is 5.79. The van der Waals surface area contributed by atoms with Gasteiger partial charge in [-0.25, -0.2) is 9.67 Å². The van der Waals surface area contributed by atoms with Gasteiger partial charge in [-0.2, -0.15) is 5.10 Å². The molecule has 5 rings (SSSR count). The molecule has 1 aliphatic rings. The molecule has 2 heterocycles. The number of carbonyl (C=O) groups excluding carboxylic acids is 1. The summed E-state index contributed by atoms with van der Waals surface area (Å²) in [7, 11) is 0. The number of ether oxygens (including phenoxy) is 1. The number of alkyl halides is 3. The van der Waals surface area contributed by atoms with Gasteiger partial charge in [0.15, 0.2) is 11.0 Å². The number of thioether (sulfide) groups is 1. The van der Waals surface area contributed by atoms with Crippen LogP contribution in [0.3, 0.4) is 0 Å². The van der Waals surface area contributed by atoms with Crippen LogP contribution in [0.1, 0.15) is 16.7 Å². The maximum atomic E-state index is 12.6. The lowest BCUT2D eigenvalue weighted by molar-refractivity contribution is -0.274. The van der Waals surface area contributed by atoms with Crippen molar-refractivity contribution in [1.29, 1.82) is 0 Å². The lowest BCUT2D eigenvalue weighted by Crippen LogP contribution is -2.30. The van der Waals surface area contributed by atoms with E-state index in [1.54, 1.807) is 11.1 Å². The Bertz CT molecular complexity index is 1600. The zero-order valence-electron chi connectivity index (χ0n) is 21.1. The van der Waals surface area contributed by atoms with Gasteiger partial charge in [0.1, 0.15) is 12.1 Å². The number of halogens is 4. The number of nitrogens with zero attached hydrogens (tertiary/aromatic N) is 6. The number of hydrogen-bond donors (Lipinski definition) is 0. The van der Waals surface area contributed by atoms with Crippen molar-refractivity contribution in [1.82, 2.24) is 14.8 Å². The van der Waals surface area contributed by atoms with Crippen LogP contribution in [-0.4, -0.2) is 44.2 Å². The van der Waals surface area contributed by atoms with Gasteiger partial charge in [-0.05, 0) is 66.9 Å². The lowest BCUT2D eigenvalue weighted by Gasteiger charge is -2.20. The minimum absolute atomic E-state index is 0.0747. The number of carbonyl (C=O) groups is 1. The summed E-state index contributed by atoms with van der Waals surface area (Å²) >= 11 is 7.47.